The normalized spacial score (nSPS) is 16.4. The van der Waals surface area contributed by atoms with Gasteiger partial charge in [-0.3, -0.25) is 9.79 Å². The Kier molecular flexibility index (Phi) is 5.81. The molecule has 0 fully saturated rings. The molecule has 1 atom stereocenters. The molecule has 1 aromatic rings. The van der Waals surface area contributed by atoms with Gasteiger partial charge < -0.3 is 27.0 Å². The van der Waals surface area contributed by atoms with Crippen LogP contribution in [0.4, 0.5) is 11.4 Å². The summed E-state index contributed by atoms with van der Waals surface area (Å²) >= 11 is 0. The quantitative estimate of drug-likeness (QED) is 0.362. The van der Waals surface area contributed by atoms with Crippen molar-refractivity contribution in [2.24, 2.45) is 10.7 Å². The Balaban J connectivity index is 2.18. The van der Waals surface area contributed by atoms with Crippen LogP contribution in [-0.4, -0.2) is 50.4 Å². The fourth-order valence-corrected chi connectivity index (χ4v) is 2.82. The number of nitrogen functional groups attached to an aromatic ring is 1. The molecule has 1 amide bonds. The minimum absolute atomic E-state index is 0.0577. The number of hydrogen-bond donors (Lipinski definition) is 4. The van der Waals surface area contributed by atoms with Crippen molar-refractivity contribution in [3.63, 3.8) is 0 Å². The highest BCUT2D eigenvalue weighted by molar-refractivity contribution is 5.88. The van der Waals surface area contributed by atoms with Gasteiger partial charge in [0.1, 0.15) is 6.17 Å². The lowest BCUT2D eigenvalue weighted by Gasteiger charge is -2.33. The fraction of sp³-hybridized carbons (Fsp3) is 0.412. The Morgan fingerprint density at radius 2 is 2.21 bits per heavy atom. The molecule has 0 bridgehead atoms. The second kappa shape index (κ2) is 7.83. The molecule has 1 aromatic carbocycles. The molecule has 130 valence electrons. The van der Waals surface area contributed by atoms with Crippen LogP contribution in [0.3, 0.4) is 0 Å². The first-order valence-electron chi connectivity index (χ1n) is 7.95. The Morgan fingerprint density at radius 1 is 1.46 bits per heavy atom. The van der Waals surface area contributed by atoms with E-state index in [1.807, 2.05) is 25.2 Å². The zero-order valence-electron chi connectivity index (χ0n) is 14.5. The zero-order valence-corrected chi connectivity index (χ0v) is 14.5. The summed E-state index contributed by atoms with van der Waals surface area (Å²) < 4.78 is 0. The van der Waals surface area contributed by atoms with E-state index in [0.29, 0.717) is 18.8 Å². The van der Waals surface area contributed by atoms with Crippen molar-refractivity contribution >= 4 is 23.5 Å². The van der Waals surface area contributed by atoms with Gasteiger partial charge in [0.15, 0.2) is 0 Å². The highest BCUT2D eigenvalue weighted by Crippen LogP contribution is 2.22. The van der Waals surface area contributed by atoms with E-state index in [0.717, 1.165) is 28.9 Å². The number of amides is 1. The average Bonchev–Trinajstić information content (AvgIpc) is 2.56. The molecule has 7 heteroatoms. The third-order valence-corrected chi connectivity index (χ3v) is 4.18. The average molecular weight is 330 g/mol. The number of anilines is 2. The van der Waals surface area contributed by atoms with Gasteiger partial charge in [-0.15, -0.1) is 0 Å². The van der Waals surface area contributed by atoms with Gasteiger partial charge in [0, 0.05) is 75.0 Å². The number of benzene rings is 1. The summed E-state index contributed by atoms with van der Waals surface area (Å²) in [6, 6.07) is 5.65. The van der Waals surface area contributed by atoms with E-state index in [1.165, 1.54) is 0 Å². The van der Waals surface area contributed by atoms with Crippen molar-refractivity contribution < 1.29 is 4.79 Å². The van der Waals surface area contributed by atoms with E-state index in [9.17, 15) is 4.79 Å². The summed E-state index contributed by atoms with van der Waals surface area (Å²) in [5.41, 5.74) is 16.8. The second-order valence-corrected chi connectivity index (χ2v) is 5.80. The minimum atomic E-state index is -0.403. The van der Waals surface area contributed by atoms with Gasteiger partial charge in [0.05, 0.1) is 0 Å². The van der Waals surface area contributed by atoms with Crippen molar-refractivity contribution in [1.82, 2.24) is 10.2 Å². The lowest BCUT2D eigenvalue weighted by atomic mass is 10.0. The Morgan fingerprint density at radius 3 is 2.79 bits per heavy atom. The third-order valence-electron chi connectivity index (χ3n) is 4.18. The second-order valence-electron chi connectivity index (χ2n) is 5.80. The van der Waals surface area contributed by atoms with Crippen LogP contribution >= 0.6 is 0 Å². The molecular weight excluding hydrogens is 304 g/mol. The number of aliphatic imine (C=N–C) groups is 1. The lowest BCUT2D eigenvalue weighted by molar-refractivity contribution is -0.128. The van der Waals surface area contributed by atoms with E-state index >= 15 is 0 Å². The van der Waals surface area contributed by atoms with Gasteiger partial charge in [0.2, 0.25) is 5.91 Å². The molecular formula is C17H26N6O. The monoisotopic (exact) mass is 330 g/mol. The Hall–Kier alpha value is -2.54. The summed E-state index contributed by atoms with van der Waals surface area (Å²) in [4.78, 5) is 17.4. The van der Waals surface area contributed by atoms with Crippen LogP contribution in [0.5, 0.6) is 0 Å². The maximum atomic E-state index is 11.7. The molecule has 24 heavy (non-hydrogen) atoms. The molecule has 1 aliphatic heterocycles. The van der Waals surface area contributed by atoms with Crippen molar-refractivity contribution in [3.8, 4) is 0 Å². The first-order chi connectivity index (χ1) is 11.5. The van der Waals surface area contributed by atoms with Crippen LogP contribution < -0.4 is 22.1 Å². The van der Waals surface area contributed by atoms with Crippen LogP contribution in [0, 0.1) is 0 Å². The van der Waals surface area contributed by atoms with Crippen LogP contribution in [0.15, 0.2) is 34.5 Å². The van der Waals surface area contributed by atoms with Crippen LogP contribution in [-0.2, 0) is 4.79 Å². The maximum absolute atomic E-state index is 11.7. The molecule has 0 aliphatic carbocycles. The number of hydrogen-bond acceptors (Lipinski definition) is 6. The van der Waals surface area contributed by atoms with Crippen molar-refractivity contribution in [3.05, 3.63) is 35.0 Å². The van der Waals surface area contributed by atoms with E-state index in [4.69, 9.17) is 11.5 Å². The number of carbonyl (C=O) groups is 1. The van der Waals surface area contributed by atoms with Gasteiger partial charge in [0.25, 0.3) is 0 Å². The van der Waals surface area contributed by atoms with Gasteiger partial charge in [-0.05, 0) is 18.2 Å². The molecule has 0 saturated carbocycles. The van der Waals surface area contributed by atoms with Crippen molar-refractivity contribution in [1.29, 1.82) is 0 Å². The molecule has 6 N–H and O–H groups in total. The maximum Gasteiger partial charge on any atom is 0.219 e. The minimum Gasteiger partial charge on any atom is -0.398 e. The molecule has 2 rings (SSSR count). The van der Waals surface area contributed by atoms with Crippen LogP contribution in [0.1, 0.15) is 18.9 Å². The number of carbonyl (C=O) groups excluding carboxylic acids is 1. The van der Waals surface area contributed by atoms with Gasteiger partial charge >= 0.3 is 0 Å². The SMILES string of the molecule is CN=Cc1ccc(NC(N)C2=C(NC)CCN(C(C)=O)C2)cc1N. The number of nitrogens with two attached hydrogens (primary N) is 2. The smallest absolute Gasteiger partial charge is 0.219 e. The largest absolute Gasteiger partial charge is 0.398 e. The molecule has 1 aliphatic rings. The highest BCUT2D eigenvalue weighted by Gasteiger charge is 2.24. The Labute approximate surface area is 142 Å². The molecule has 0 radical (unpaired) electrons. The summed E-state index contributed by atoms with van der Waals surface area (Å²) in [6.07, 6.45) is 2.08. The molecule has 1 unspecified atom stereocenters. The van der Waals surface area contributed by atoms with Gasteiger partial charge in [-0.25, -0.2) is 0 Å². The molecule has 0 saturated heterocycles. The molecule has 0 aromatic heterocycles. The van der Waals surface area contributed by atoms with E-state index in [1.54, 1.807) is 25.1 Å². The lowest BCUT2D eigenvalue weighted by Crippen LogP contribution is -2.45. The van der Waals surface area contributed by atoms with E-state index in [2.05, 4.69) is 15.6 Å². The predicted molar refractivity (Wildman–Crippen MR) is 98.9 cm³/mol. The number of rotatable bonds is 5. The highest BCUT2D eigenvalue weighted by atomic mass is 16.2. The molecule has 0 spiro atoms. The number of nitrogens with one attached hydrogen (secondary N) is 2. The van der Waals surface area contributed by atoms with Gasteiger partial charge in [-0.2, -0.15) is 0 Å². The van der Waals surface area contributed by atoms with Crippen LogP contribution in [0.25, 0.3) is 0 Å². The summed E-state index contributed by atoms with van der Waals surface area (Å²) in [7, 11) is 3.58. The zero-order chi connectivity index (χ0) is 17.7. The predicted octanol–water partition coefficient (Wildman–Crippen LogP) is 0.740. The first-order valence-corrected chi connectivity index (χ1v) is 7.95. The van der Waals surface area contributed by atoms with Crippen LogP contribution in [0.2, 0.25) is 0 Å². The van der Waals surface area contributed by atoms with Gasteiger partial charge in [-0.1, -0.05) is 0 Å². The summed E-state index contributed by atoms with van der Waals surface area (Å²) in [6.45, 7) is 2.81. The van der Waals surface area contributed by atoms with E-state index in [-0.39, 0.29) is 5.91 Å². The first kappa shape index (κ1) is 17.8. The van der Waals surface area contributed by atoms with Crippen molar-refractivity contribution in [2.45, 2.75) is 19.5 Å². The number of nitrogens with zero attached hydrogens (tertiary/aromatic N) is 2. The van der Waals surface area contributed by atoms with E-state index < -0.39 is 6.17 Å². The Bertz CT molecular complexity index is 667. The molecule has 1 heterocycles. The summed E-state index contributed by atoms with van der Waals surface area (Å²) in [5, 5.41) is 6.46. The standard InChI is InChI=1S/C17H26N6O/c1-11(24)23-7-6-16(21-3)14(10-23)17(19)22-13-5-4-12(9-20-2)15(18)8-13/h4-5,8-9,17,21-22H,6-7,10,18-19H2,1-3H3. The van der Waals surface area contributed by atoms with Crippen molar-refractivity contribution in [2.75, 3.05) is 38.2 Å². The third kappa shape index (κ3) is 4.05. The molecule has 7 nitrogen and oxygen atoms in total. The summed E-state index contributed by atoms with van der Waals surface area (Å²) in [5.74, 6) is 0.0577. The topological polar surface area (TPSA) is 109 Å². The fourth-order valence-electron chi connectivity index (χ4n) is 2.82.